The van der Waals surface area contributed by atoms with E-state index >= 15 is 0 Å². The van der Waals surface area contributed by atoms with Crippen LogP contribution in [0, 0.1) is 5.92 Å². The van der Waals surface area contributed by atoms with Gasteiger partial charge in [0.2, 0.25) is 0 Å². The van der Waals surface area contributed by atoms with Crippen LogP contribution in [0.2, 0.25) is 0 Å². The Balaban J connectivity index is 1.52. The van der Waals surface area contributed by atoms with E-state index in [-0.39, 0.29) is 0 Å². The maximum absolute atomic E-state index is 4.73. The van der Waals surface area contributed by atoms with Crippen molar-refractivity contribution in [2.45, 2.75) is 44.6 Å². The van der Waals surface area contributed by atoms with Crippen LogP contribution < -0.4 is 5.32 Å². The van der Waals surface area contributed by atoms with Gasteiger partial charge in [0, 0.05) is 31.1 Å². The third-order valence-electron chi connectivity index (χ3n) is 4.36. The largest absolute Gasteiger partial charge is 0.359 e. The molecule has 1 spiro atoms. The molecular weight excluding hydrogens is 268 g/mol. The van der Waals surface area contributed by atoms with Gasteiger partial charge in [-0.15, -0.1) is 0 Å². The van der Waals surface area contributed by atoms with Crippen LogP contribution in [0.4, 0.5) is 0 Å². The summed E-state index contributed by atoms with van der Waals surface area (Å²) in [6, 6.07) is 0. The average molecular weight is 292 g/mol. The van der Waals surface area contributed by atoms with Gasteiger partial charge in [0.15, 0.2) is 5.17 Å². The normalized spacial score (nSPS) is 31.9. The van der Waals surface area contributed by atoms with Crippen LogP contribution in [-0.4, -0.2) is 32.8 Å². The molecule has 110 valence electrons. The Hall–Kier alpha value is -0.970. The third kappa shape index (κ3) is 3.19. The van der Waals surface area contributed by atoms with Crippen molar-refractivity contribution in [3.63, 3.8) is 0 Å². The summed E-state index contributed by atoms with van der Waals surface area (Å²) in [5.74, 6) is 2.05. The highest BCUT2D eigenvalue weighted by atomic mass is 32.2. The fraction of sp³-hybridized carbons (Fsp3) is 0.733. The van der Waals surface area contributed by atoms with Gasteiger partial charge in [0.05, 0.1) is 6.20 Å². The van der Waals surface area contributed by atoms with E-state index in [0.29, 0.717) is 5.54 Å². The molecule has 1 N–H and O–H groups in total. The van der Waals surface area contributed by atoms with Crippen LogP contribution in [0.1, 0.15) is 38.2 Å². The van der Waals surface area contributed by atoms with Crippen LogP contribution >= 0.6 is 11.8 Å². The summed E-state index contributed by atoms with van der Waals surface area (Å²) in [6.45, 7) is 3.23. The number of aromatic nitrogens is 2. The number of rotatable bonds is 3. The van der Waals surface area contributed by atoms with Gasteiger partial charge in [0.25, 0.3) is 0 Å². The van der Waals surface area contributed by atoms with Crippen LogP contribution in [-0.2, 0) is 13.5 Å². The molecule has 2 fully saturated rings. The number of amidine groups is 1. The standard InChI is InChI=1S/C15H24N4S/c1-12-4-3-6-15(8-12)11-20-14(18-15)16-7-5-13-9-17-19(2)10-13/h9-10,12H,3-8,11H2,1-2H3,(H,16,18). The lowest BCUT2D eigenvalue weighted by atomic mass is 9.78. The molecule has 3 rings (SSSR count). The van der Waals surface area contributed by atoms with Crippen molar-refractivity contribution in [1.29, 1.82) is 0 Å². The van der Waals surface area contributed by atoms with Gasteiger partial charge in [-0.1, -0.05) is 31.5 Å². The minimum Gasteiger partial charge on any atom is -0.359 e. The van der Waals surface area contributed by atoms with Crippen molar-refractivity contribution in [3.05, 3.63) is 18.0 Å². The smallest absolute Gasteiger partial charge is 0.157 e. The van der Waals surface area contributed by atoms with E-state index in [0.717, 1.165) is 24.1 Å². The van der Waals surface area contributed by atoms with Gasteiger partial charge >= 0.3 is 0 Å². The molecule has 4 nitrogen and oxygen atoms in total. The second-order valence-corrected chi connectivity index (χ2v) is 7.32. The van der Waals surface area contributed by atoms with E-state index < -0.39 is 0 Å². The molecular formula is C15H24N4S. The summed E-state index contributed by atoms with van der Waals surface area (Å²) >= 11 is 1.91. The molecule has 0 aromatic carbocycles. The molecule has 5 heteroatoms. The third-order valence-corrected chi connectivity index (χ3v) is 5.56. The molecule has 1 aromatic rings. The van der Waals surface area contributed by atoms with E-state index in [1.54, 1.807) is 0 Å². The number of nitrogens with zero attached hydrogens (tertiary/aromatic N) is 3. The monoisotopic (exact) mass is 292 g/mol. The van der Waals surface area contributed by atoms with Gasteiger partial charge in [-0.05, 0) is 30.7 Å². The average Bonchev–Trinajstić information content (AvgIpc) is 2.97. The SMILES string of the molecule is CC1CCCC2(CSC(=NCCc3cnn(C)c3)N2)C1. The van der Waals surface area contributed by atoms with Crippen molar-refractivity contribution in [2.75, 3.05) is 12.3 Å². The zero-order valence-corrected chi connectivity index (χ0v) is 13.2. The topological polar surface area (TPSA) is 42.2 Å². The second-order valence-electron chi connectivity index (χ2n) is 6.35. The molecule has 1 aromatic heterocycles. The van der Waals surface area contributed by atoms with Crippen molar-refractivity contribution in [1.82, 2.24) is 15.1 Å². The van der Waals surface area contributed by atoms with E-state index in [2.05, 4.69) is 23.5 Å². The van der Waals surface area contributed by atoms with Gasteiger partial charge in [-0.25, -0.2) is 0 Å². The second kappa shape index (κ2) is 5.80. The Morgan fingerprint density at radius 1 is 1.60 bits per heavy atom. The lowest BCUT2D eigenvalue weighted by molar-refractivity contribution is 0.242. The first-order valence-electron chi connectivity index (χ1n) is 7.58. The molecule has 1 saturated heterocycles. The molecule has 0 radical (unpaired) electrons. The Morgan fingerprint density at radius 2 is 2.50 bits per heavy atom. The zero-order chi connectivity index (χ0) is 14.0. The summed E-state index contributed by atoms with van der Waals surface area (Å²) < 4.78 is 1.85. The lowest BCUT2D eigenvalue weighted by Gasteiger charge is -2.36. The first-order valence-corrected chi connectivity index (χ1v) is 8.57. The minimum absolute atomic E-state index is 0.343. The van der Waals surface area contributed by atoms with Gasteiger partial charge in [-0.2, -0.15) is 5.10 Å². The molecule has 2 heterocycles. The maximum atomic E-state index is 4.73. The number of aryl methyl sites for hydroxylation is 1. The van der Waals surface area contributed by atoms with E-state index in [1.807, 2.05) is 29.7 Å². The lowest BCUT2D eigenvalue weighted by Crippen LogP contribution is -2.47. The number of thioether (sulfide) groups is 1. The van der Waals surface area contributed by atoms with E-state index in [9.17, 15) is 0 Å². The Morgan fingerprint density at radius 3 is 3.25 bits per heavy atom. The first kappa shape index (κ1) is 14.0. The fourth-order valence-electron chi connectivity index (χ4n) is 3.38. The number of hydrogen-bond donors (Lipinski definition) is 1. The molecule has 20 heavy (non-hydrogen) atoms. The molecule has 2 unspecified atom stereocenters. The van der Waals surface area contributed by atoms with Crippen LogP contribution in [0.3, 0.4) is 0 Å². The molecule has 0 amide bonds. The van der Waals surface area contributed by atoms with Crippen molar-refractivity contribution < 1.29 is 0 Å². The molecule has 2 atom stereocenters. The van der Waals surface area contributed by atoms with Crippen molar-refractivity contribution >= 4 is 16.9 Å². The molecule has 2 aliphatic rings. The summed E-state index contributed by atoms with van der Waals surface area (Å²) in [6.07, 6.45) is 10.3. The quantitative estimate of drug-likeness (QED) is 0.931. The Bertz CT molecular complexity index is 496. The fourth-order valence-corrected chi connectivity index (χ4v) is 4.60. The first-order chi connectivity index (χ1) is 9.65. The van der Waals surface area contributed by atoms with E-state index in [4.69, 9.17) is 4.99 Å². The molecule has 1 aliphatic carbocycles. The molecule has 1 saturated carbocycles. The van der Waals surface area contributed by atoms with Crippen LogP contribution in [0.5, 0.6) is 0 Å². The minimum atomic E-state index is 0.343. The summed E-state index contributed by atoms with van der Waals surface area (Å²) in [4.78, 5) is 4.73. The number of aliphatic imine (C=N–C) groups is 1. The van der Waals surface area contributed by atoms with Crippen LogP contribution in [0.25, 0.3) is 0 Å². The van der Waals surface area contributed by atoms with Crippen molar-refractivity contribution in [2.24, 2.45) is 18.0 Å². The highest BCUT2D eigenvalue weighted by molar-refractivity contribution is 8.14. The van der Waals surface area contributed by atoms with Gasteiger partial charge in [-0.3, -0.25) is 9.67 Å². The predicted molar refractivity (Wildman–Crippen MR) is 85.2 cm³/mol. The summed E-state index contributed by atoms with van der Waals surface area (Å²) in [5.41, 5.74) is 1.61. The molecule has 1 aliphatic heterocycles. The number of hydrogen-bond acceptors (Lipinski definition) is 3. The number of nitrogens with one attached hydrogen (secondary N) is 1. The molecule has 0 bridgehead atoms. The maximum Gasteiger partial charge on any atom is 0.157 e. The highest BCUT2D eigenvalue weighted by Crippen LogP contribution is 2.38. The Kier molecular flexibility index (Phi) is 4.06. The summed E-state index contributed by atoms with van der Waals surface area (Å²) in [5, 5.41) is 9.07. The van der Waals surface area contributed by atoms with Gasteiger partial charge < -0.3 is 5.32 Å². The zero-order valence-electron chi connectivity index (χ0n) is 12.4. The van der Waals surface area contributed by atoms with E-state index in [1.165, 1.54) is 37.0 Å². The Labute approximate surface area is 125 Å². The highest BCUT2D eigenvalue weighted by Gasteiger charge is 2.40. The van der Waals surface area contributed by atoms with Crippen LogP contribution in [0.15, 0.2) is 17.4 Å². The van der Waals surface area contributed by atoms with Gasteiger partial charge in [0.1, 0.15) is 0 Å². The predicted octanol–water partition coefficient (Wildman–Crippen LogP) is 2.60. The van der Waals surface area contributed by atoms with Crippen molar-refractivity contribution in [3.8, 4) is 0 Å². The summed E-state index contributed by atoms with van der Waals surface area (Å²) in [7, 11) is 1.96.